The van der Waals surface area contributed by atoms with Crippen LogP contribution in [0.3, 0.4) is 0 Å². The second-order valence-electron chi connectivity index (χ2n) is 5.01. The number of nitrogens with one attached hydrogen (secondary N) is 1. The van der Waals surface area contributed by atoms with Gasteiger partial charge < -0.3 is 11.1 Å². The van der Waals surface area contributed by atoms with E-state index < -0.39 is 0 Å². The van der Waals surface area contributed by atoms with Crippen molar-refractivity contribution >= 4 is 23.0 Å². The Balaban J connectivity index is 2.02. The van der Waals surface area contributed by atoms with Crippen LogP contribution < -0.4 is 11.1 Å². The maximum absolute atomic E-state index is 5.99. The SMILES string of the molecule is CCC1CCCC(Nc2cc(Cl)ccc2N)C1. The van der Waals surface area contributed by atoms with Gasteiger partial charge in [-0.2, -0.15) is 0 Å². The molecule has 1 aliphatic rings. The Morgan fingerprint density at radius 3 is 3.00 bits per heavy atom. The first-order chi connectivity index (χ1) is 8.19. The summed E-state index contributed by atoms with van der Waals surface area (Å²) in [6, 6.07) is 6.17. The molecule has 0 radical (unpaired) electrons. The van der Waals surface area contributed by atoms with E-state index in [0.717, 1.165) is 22.3 Å². The molecule has 1 aromatic rings. The monoisotopic (exact) mass is 252 g/mol. The summed E-state index contributed by atoms with van der Waals surface area (Å²) >= 11 is 5.99. The molecule has 2 atom stereocenters. The number of halogens is 1. The molecule has 0 aromatic heterocycles. The van der Waals surface area contributed by atoms with Crippen molar-refractivity contribution in [3.63, 3.8) is 0 Å². The van der Waals surface area contributed by atoms with Gasteiger partial charge in [0.15, 0.2) is 0 Å². The van der Waals surface area contributed by atoms with Gasteiger partial charge in [-0.1, -0.05) is 37.8 Å². The van der Waals surface area contributed by atoms with E-state index in [0.29, 0.717) is 6.04 Å². The van der Waals surface area contributed by atoms with Crippen molar-refractivity contribution in [2.45, 2.75) is 45.1 Å². The maximum atomic E-state index is 5.99. The van der Waals surface area contributed by atoms with Gasteiger partial charge in [-0.25, -0.2) is 0 Å². The van der Waals surface area contributed by atoms with Crippen LogP contribution in [0.4, 0.5) is 11.4 Å². The lowest BCUT2D eigenvalue weighted by molar-refractivity contribution is 0.327. The highest BCUT2D eigenvalue weighted by Crippen LogP contribution is 2.31. The van der Waals surface area contributed by atoms with Crippen LogP contribution in [0.5, 0.6) is 0 Å². The molecule has 0 spiro atoms. The summed E-state index contributed by atoms with van der Waals surface area (Å²) in [7, 11) is 0. The summed E-state index contributed by atoms with van der Waals surface area (Å²) in [6.07, 6.45) is 6.46. The second kappa shape index (κ2) is 5.63. The smallest absolute Gasteiger partial charge is 0.0591 e. The van der Waals surface area contributed by atoms with E-state index >= 15 is 0 Å². The van der Waals surface area contributed by atoms with Crippen LogP contribution >= 0.6 is 11.6 Å². The van der Waals surface area contributed by atoms with Gasteiger partial charge in [0, 0.05) is 11.1 Å². The van der Waals surface area contributed by atoms with Crippen molar-refractivity contribution in [3.8, 4) is 0 Å². The van der Waals surface area contributed by atoms with E-state index in [4.69, 9.17) is 17.3 Å². The lowest BCUT2D eigenvalue weighted by Crippen LogP contribution is -2.27. The third-order valence-electron chi connectivity index (χ3n) is 3.74. The van der Waals surface area contributed by atoms with Crippen molar-refractivity contribution < 1.29 is 0 Å². The van der Waals surface area contributed by atoms with E-state index in [1.165, 1.54) is 32.1 Å². The lowest BCUT2D eigenvalue weighted by Gasteiger charge is -2.30. The van der Waals surface area contributed by atoms with E-state index in [1.807, 2.05) is 18.2 Å². The summed E-state index contributed by atoms with van der Waals surface area (Å²) in [5, 5.41) is 4.29. The van der Waals surface area contributed by atoms with Gasteiger partial charge in [-0.3, -0.25) is 0 Å². The molecule has 2 unspecified atom stereocenters. The fraction of sp³-hybridized carbons (Fsp3) is 0.571. The molecule has 0 heterocycles. The fourth-order valence-corrected chi connectivity index (χ4v) is 2.84. The van der Waals surface area contributed by atoms with Crippen molar-refractivity contribution in [1.29, 1.82) is 0 Å². The molecule has 94 valence electrons. The molecule has 0 saturated heterocycles. The third kappa shape index (κ3) is 3.29. The number of nitrogen functional groups attached to an aromatic ring is 1. The Hall–Kier alpha value is -0.890. The van der Waals surface area contributed by atoms with Crippen molar-refractivity contribution in [1.82, 2.24) is 0 Å². The Bertz CT molecular complexity index is 378. The predicted molar refractivity (Wildman–Crippen MR) is 75.5 cm³/mol. The molecule has 1 fully saturated rings. The zero-order valence-electron chi connectivity index (χ0n) is 10.4. The molecular formula is C14H21ClN2. The maximum Gasteiger partial charge on any atom is 0.0591 e. The van der Waals surface area contributed by atoms with Gasteiger partial charge in [0.05, 0.1) is 11.4 Å². The Kier molecular flexibility index (Phi) is 4.16. The zero-order chi connectivity index (χ0) is 12.3. The molecular weight excluding hydrogens is 232 g/mol. The number of hydrogen-bond donors (Lipinski definition) is 2. The van der Waals surface area contributed by atoms with E-state index in [1.54, 1.807) is 0 Å². The van der Waals surface area contributed by atoms with Crippen LogP contribution in [-0.4, -0.2) is 6.04 Å². The topological polar surface area (TPSA) is 38.0 Å². The molecule has 0 aliphatic heterocycles. The molecule has 1 saturated carbocycles. The Labute approximate surface area is 109 Å². The minimum absolute atomic E-state index is 0.550. The largest absolute Gasteiger partial charge is 0.397 e. The first-order valence-electron chi connectivity index (χ1n) is 6.50. The average Bonchev–Trinajstić information content (AvgIpc) is 2.34. The summed E-state index contributed by atoms with van der Waals surface area (Å²) < 4.78 is 0. The standard InChI is InChI=1S/C14H21ClN2/c1-2-10-4-3-5-12(8-10)17-14-9-11(15)6-7-13(14)16/h6-7,9-10,12,17H,2-5,8,16H2,1H3. The quantitative estimate of drug-likeness (QED) is 0.787. The summed E-state index contributed by atoms with van der Waals surface area (Å²) in [5.74, 6) is 0.863. The molecule has 1 aliphatic carbocycles. The van der Waals surface area contributed by atoms with Gasteiger partial charge in [-0.05, 0) is 37.0 Å². The summed E-state index contributed by atoms with van der Waals surface area (Å²) in [4.78, 5) is 0. The first kappa shape index (κ1) is 12.6. The van der Waals surface area contributed by atoms with Gasteiger partial charge in [0.25, 0.3) is 0 Å². The van der Waals surface area contributed by atoms with E-state index in [-0.39, 0.29) is 0 Å². The highest BCUT2D eigenvalue weighted by molar-refractivity contribution is 6.31. The Morgan fingerprint density at radius 1 is 1.41 bits per heavy atom. The molecule has 2 rings (SSSR count). The van der Waals surface area contributed by atoms with Crippen molar-refractivity contribution in [2.75, 3.05) is 11.1 Å². The van der Waals surface area contributed by atoms with Crippen LogP contribution in [0, 0.1) is 5.92 Å². The summed E-state index contributed by atoms with van der Waals surface area (Å²) in [6.45, 7) is 2.28. The van der Waals surface area contributed by atoms with E-state index in [9.17, 15) is 0 Å². The zero-order valence-corrected chi connectivity index (χ0v) is 11.1. The van der Waals surface area contributed by atoms with Crippen LogP contribution in [0.2, 0.25) is 5.02 Å². The van der Waals surface area contributed by atoms with Crippen LogP contribution in [0.25, 0.3) is 0 Å². The van der Waals surface area contributed by atoms with Crippen molar-refractivity contribution in [3.05, 3.63) is 23.2 Å². The summed E-state index contributed by atoms with van der Waals surface area (Å²) in [5.41, 5.74) is 7.72. The minimum atomic E-state index is 0.550. The number of benzene rings is 1. The first-order valence-corrected chi connectivity index (χ1v) is 6.88. The number of rotatable bonds is 3. The molecule has 0 amide bonds. The van der Waals surface area contributed by atoms with Crippen LogP contribution in [-0.2, 0) is 0 Å². The predicted octanol–water partition coefficient (Wildman–Crippen LogP) is 4.30. The van der Waals surface area contributed by atoms with Gasteiger partial charge in [0.2, 0.25) is 0 Å². The normalized spacial score (nSPS) is 24.6. The number of nitrogens with two attached hydrogens (primary N) is 1. The average molecular weight is 253 g/mol. The van der Waals surface area contributed by atoms with Crippen molar-refractivity contribution in [2.24, 2.45) is 5.92 Å². The van der Waals surface area contributed by atoms with Crippen LogP contribution in [0.15, 0.2) is 18.2 Å². The van der Waals surface area contributed by atoms with Gasteiger partial charge in [-0.15, -0.1) is 0 Å². The highest BCUT2D eigenvalue weighted by Gasteiger charge is 2.20. The second-order valence-corrected chi connectivity index (χ2v) is 5.45. The molecule has 1 aromatic carbocycles. The molecule has 17 heavy (non-hydrogen) atoms. The molecule has 3 N–H and O–H groups in total. The molecule has 2 nitrogen and oxygen atoms in total. The fourth-order valence-electron chi connectivity index (χ4n) is 2.67. The Morgan fingerprint density at radius 2 is 2.24 bits per heavy atom. The number of hydrogen-bond acceptors (Lipinski definition) is 2. The molecule has 0 bridgehead atoms. The van der Waals surface area contributed by atoms with Crippen LogP contribution in [0.1, 0.15) is 39.0 Å². The number of anilines is 2. The third-order valence-corrected chi connectivity index (χ3v) is 3.97. The van der Waals surface area contributed by atoms with Gasteiger partial charge >= 0.3 is 0 Å². The lowest BCUT2D eigenvalue weighted by atomic mass is 9.84. The minimum Gasteiger partial charge on any atom is -0.397 e. The molecule has 3 heteroatoms. The highest BCUT2D eigenvalue weighted by atomic mass is 35.5. The van der Waals surface area contributed by atoms with E-state index in [2.05, 4.69) is 12.2 Å². The van der Waals surface area contributed by atoms with Gasteiger partial charge in [0.1, 0.15) is 0 Å².